The van der Waals surface area contributed by atoms with E-state index in [2.05, 4.69) is 20.9 Å². The Morgan fingerprint density at radius 3 is 2.70 bits per heavy atom. The van der Waals surface area contributed by atoms with E-state index in [0.29, 0.717) is 40.7 Å². The molecule has 1 aromatic carbocycles. The number of aryl methyl sites for hydroxylation is 1. The van der Waals surface area contributed by atoms with E-state index in [9.17, 15) is 18.0 Å². The van der Waals surface area contributed by atoms with Crippen LogP contribution in [-0.2, 0) is 12.6 Å². The lowest BCUT2D eigenvalue weighted by Gasteiger charge is -2.30. The van der Waals surface area contributed by atoms with Crippen molar-refractivity contribution in [2.75, 3.05) is 11.4 Å². The number of hydrogen-bond acceptors (Lipinski definition) is 2. The third kappa shape index (κ3) is 3.24. The fourth-order valence-corrected chi connectivity index (χ4v) is 3.03. The second-order valence-electron chi connectivity index (χ2n) is 5.29. The number of carbonyl (C=O) groups is 1. The Hall–Kier alpha value is -1.89. The average Bonchev–Trinajstić information content (AvgIpc) is 2.52. The van der Waals surface area contributed by atoms with Crippen molar-refractivity contribution < 1.29 is 18.0 Å². The molecule has 0 unspecified atom stereocenters. The normalized spacial score (nSPS) is 14.5. The fourth-order valence-electron chi connectivity index (χ4n) is 2.67. The van der Waals surface area contributed by atoms with Crippen LogP contribution in [0.25, 0.3) is 0 Å². The summed E-state index contributed by atoms with van der Waals surface area (Å²) >= 11 is 3.26. The van der Waals surface area contributed by atoms with Crippen LogP contribution in [0.1, 0.15) is 27.9 Å². The van der Waals surface area contributed by atoms with E-state index in [0.717, 1.165) is 12.1 Å². The lowest BCUT2D eigenvalue weighted by molar-refractivity contribution is -0.137. The third-order valence-corrected chi connectivity index (χ3v) is 4.16. The number of fused-ring (bicyclic) bond motifs is 1. The molecule has 3 nitrogen and oxygen atoms in total. The Bertz CT molecular complexity index is 761. The summed E-state index contributed by atoms with van der Waals surface area (Å²) in [5.74, 6) is -0.264. The van der Waals surface area contributed by atoms with Crippen molar-refractivity contribution in [1.29, 1.82) is 0 Å². The molecule has 7 heteroatoms. The number of anilines is 1. The third-order valence-electron chi connectivity index (χ3n) is 3.72. The molecule has 2 heterocycles. The minimum Gasteiger partial charge on any atom is -0.308 e. The summed E-state index contributed by atoms with van der Waals surface area (Å²) in [6.45, 7) is 0.476. The van der Waals surface area contributed by atoms with Crippen LogP contribution in [0.4, 0.5) is 18.9 Å². The first-order chi connectivity index (χ1) is 10.9. The van der Waals surface area contributed by atoms with Gasteiger partial charge in [0, 0.05) is 29.1 Å². The zero-order valence-electron chi connectivity index (χ0n) is 11.9. The van der Waals surface area contributed by atoms with Crippen molar-refractivity contribution in [3.63, 3.8) is 0 Å². The second-order valence-corrected chi connectivity index (χ2v) is 6.21. The van der Waals surface area contributed by atoms with E-state index < -0.39 is 11.7 Å². The quantitative estimate of drug-likeness (QED) is 0.727. The van der Waals surface area contributed by atoms with E-state index in [1.165, 1.54) is 17.2 Å². The Labute approximate surface area is 139 Å². The standard InChI is InChI=1S/C16H12BrF3N2O/c17-13-7-11(8-21-9-13)15(23)22-5-1-2-10-6-12(16(18,19)20)3-4-14(10)22/h3-4,6-9H,1-2,5H2. The lowest BCUT2D eigenvalue weighted by atomic mass is 9.98. The van der Waals surface area contributed by atoms with Gasteiger partial charge in [0.2, 0.25) is 0 Å². The van der Waals surface area contributed by atoms with Gasteiger partial charge < -0.3 is 4.90 Å². The highest BCUT2D eigenvalue weighted by Crippen LogP contribution is 2.35. The molecule has 23 heavy (non-hydrogen) atoms. The van der Waals surface area contributed by atoms with E-state index >= 15 is 0 Å². The Balaban J connectivity index is 1.97. The molecule has 1 aliphatic heterocycles. The number of aromatic nitrogens is 1. The number of alkyl halides is 3. The maximum absolute atomic E-state index is 12.8. The summed E-state index contributed by atoms with van der Waals surface area (Å²) in [5.41, 5.74) is 0.790. The summed E-state index contributed by atoms with van der Waals surface area (Å²) in [6.07, 6.45) is -0.210. The van der Waals surface area contributed by atoms with Crippen molar-refractivity contribution in [3.05, 3.63) is 57.8 Å². The van der Waals surface area contributed by atoms with E-state index in [4.69, 9.17) is 0 Å². The van der Waals surface area contributed by atoms with Gasteiger partial charge in [0.05, 0.1) is 11.1 Å². The van der Waals surface area contributed by atoms with Crippen LogP contribution >= 0.6 is 15.9 Å². The van der Waals surface area contributed by atoms with Gasteiger partial charge >= 0.3 is 6.18 Å². The predicted octanol–water partition coefficient (Wildman–Crippen LogP) is 4.46. The Morgan fingerprint density at radius 2 is 2.00 bits per heavy atom. The molecule has 0 aliphatic carbocycles. The maximum Gasteiger partial charge on any atom is 0.416 e. The molecular formula is C16H12BrF3N2O. The van der Waals surface area contributed by atoms with Crippen LogP contribution < -0.4 is 4.90 Å². The minimum atomic E-state index is -4.38. The smallest absolute Gasteiger partial charge is 0.308 e. The summed E-state index contributed by atoms with van der Waals surface area (Å²) in [7, 11) is 0. The van der Waals surface area contributed by atoms with Gasteiger partial charge in [-0.3, -0.25) is 9.78 Å². The van der Waals surface area contributed by atoms with Crippen LogP contribution in [0.2, 0.25) is 0 Å². The molecule has 1 aliphatic rings. The minimum absolute atomic E-state index is 0.264. The SMILES string of the molecule is O=C(c1cncc(Br)c1)N1CCCc2cc(C(F)(F)F)ccc21. The average molecular weight is 385 g/mol. The van der Waals surface area contributed by atoms with E-state index in [1.54, 1.807) is 12.3 Å². The Kier molecular flexibility index (Phi) is 4.14. The number of amides is 1. The van der Waals surface area contributed by atoms with Crippen LogP contribution in [-0.4, -0.2) is 17.4 Å². The lowest BCUT2D eigenvalue weighted by Crippen LogP contribution is -2.35. The molecule has 0 bridgehead atoms. The number of halogens is 4. The molecule has 0 saturated carbocycles. The summed E-state index contributed by atoms with van der Waals surface area (Å²) in [6, 6.07) is 5.17. The molecule has 120 valence electrons. The first-order valence-corrected chi connectivity index (χ1v) is 7.78. The Morgan fingerprint density at radius 1 is 1.22 bits per heavy atom. The summed E-state index contributed by atoms with van der Waals surface area (Å²) in [5, 5.41) is 0. The van der Waals surface area contributed by atoms with Crippen molar-refractivity contribution in [3.8, 4) is 0 Å². The van der Waals surface area contributed by atoms with Gasteiger partial charge in [0.1, 0.15) is 0 Å². The number of carbonyl (C=O) groups excluding carboxylic acids is 1. The molecule has 2 aromatic rings. The van der Waals surface area contributed by atoms with Crippen molar-refractivity contribution in [2.24, 2.45) is 0 Å². The van der Waals surface area contributed by atoms with Crippen LogP contribution in [0.5, 0.6) is 0 Å². The monoisotopic (exact) mass is 384 g/mol. The molecule has 1 aromatic heterocycles. The number of rotatable bonds is 1. The first-order valence-electron chi connectivity index (χ1n) is 6.99. The van der Waals surface area contributed by atoms with Crippen LogP contribution in [0.3, 0.4) is 0 Å². The van der Waals surface area contributed by atoms with Crippen molar-refractivity contribution >= 4 is 27.5 Å². The van der Waals surface area contributed by atoms with E-state index in [1.807, 2.05) is 0 Å². The molecule has 0 atom stereocenters. The highest BCUT2D eigenvalue weighted by Gasteiger charge is 2.32. The number of benzene rings is 1. The highest BCUT2D eigenvalue weighted by molar-refractivity contribution is 9.10. The molecule has 0 radical (unpaired) electrons. The molecule has 0 N–H and O–H groups in total. The molecular weight excluding hydrogens is 373 g/mol. The second kappa shape index (κ2) is 5.96. The molecule has 0 saturated heterocycles. The molecule has 1 amide bonds. The zero-order valence-corrected chi connectivity index (χ0v) is 13.5. The van der Waals surface area contributed by atoms with E-state index in [-0.39, 0.29) is 5.91 Å². The summed E-state index contributed by atoms with van der Waals surface area (Å²) in [4.78, 5) is 18.1. The number of hydrogen-bond donors (Lipinski definition) is 0. The topological polar surface area (TPSA) is 33.2 Å². The van der Waals surface area contributed by atoms with Crippen LogP contribution in [0, 0.1) is 0 Å². The largest absolute Gasteiger partial charge is 0.416 e. The van der Waals surface area contributed by atoms with Crippen molar-refractivity contribution in [2.45, 2.75) is 19.0 Å². The molecule has 0 spiro atoms. The fraction of sp³-hybridized carbons (Fsp3) is 0.250. The summed E-state index contributed by atoms with van der Waals surface area (Å²) < 4.78 is 39.2. The van der Waals surface area contributed by atoms with Gasteiger partial charge in [-0.15, -0.1) is 0 Å². The van der Waals surface area contributed by atoms with Gasteiger partial charge in [-0.25, -0.2) is 0 Å². The van der Waals surface area contributed by atoms with Gasteiger partial charge in [0.15, 0.2) is 0 Å². The van der Waals surface area contributed by atoms with Gasteiger partial charge in [-0.05, 0) is 58.6 Å². The number of nitrogens with zero attached hydrogens (tertiary/aromatic N) is 2. The zero-order chi connectivity index (χ0) is 16.6. The van der Waals surface area contributed by atoms with Gasteiger partial charge in [-0.2, -0.15) is 13.2 Å². The molecule has 0 fully saturated rings. The molecule has 3 rings (SSSR count). The predicted molar refractivity (Wildman–Crippen MR) is 83.4 cm³/mol. The van der Waals surface area contributed by atoms with Crippen molar-refractivity contribution in [1.82, 2.24) is 4.98 Å². The maximum atomic E-state index is 12.8. The van der Waals surface area contributed by atoms with Gasteiger partial charge in [0.25, 0.3) is 5.91 Å². The number of pyridine rings is 1. The first kappa shape index (κ1) is 16.0. The van der Waals surface area contributed by atoms with Gasteiger partial charge in [-0.1, -0.05) is 0 Å². The highest BCUT2D eigenvalue weighted by atomic mass is 79.9. The van der Waals surface area contributed by atoms with Crippen LogP contribution in [0.15, 0.2) is 41.1 Å².